The Labute approximate surface area is 96.5 Å². The number of methoxy groups -OCH3 is 1. The van der Waals surface area contributed by atoms with Gasteiger partial charge in [-0.1, -0.05) is 11.6 Å². The lowest BCUT2D eigenvalue weighted by Gasteiger charge is -1.99. The first-order valence-electron chi connectivity index (χ1n) is 4.46. The van der Waals surface area contributed by atoms with Crippen LogP contribution in [0.15, 0.2) is 6.07 Å². The van der Waals surface area contributed by atoms with Gasteiger partial charge in [0.1, 0.15) is 11.4 Å². The van der Waals surface area contributed by atoms with Gasteiger partial charge >= 0.3 is 5.97 Å². The fourth-order valence-corrected chi connectivity index (χ4v) is 1.30. The molecular formula is C9H11ClN2O4. The Balaban J connectivity index is 2.84. The van der Waals surface area contributed by atoms with E-state index in [9.17, 15) is 9.59 Å². The van der Waals surface area contributed by atoms with Crippen LogP contribution in [0.2, 0.25) is 5.02 Å². The highest BCUT2D eigenvalue weighted by atomic mass is 35.5. The van der Waals surface area contributed by atoms with Crippen LogP contribution >= 0.6 is 11.6 Å². The zero-order valence-corrected chi connectivity index (χ0v) is 9.30. The summed E-state index contributed by atoms with van der Waals surface area (Å²) in [6.07, 6.45) is 0. The third kappa shape index (κ3) is 2.74. The van der Waals surface area contributed by atoms with Crippen molar-refractivity contribution < 1.29 is 19.4 Å². The average Bonchev–Trinajstić information content (AvgIpc) is 2.67. The van der Waals surface area contributed by atoms with Gasteiger partial charge in [-0.15, -0.1) is 0 Å². The molecule has 0 unspecified atom stereocenters. The van der Waals surface area contributed by atoms with Crippen molar-refractivity contribution in [3.05, 3.63) is 22.5 Å². The SMILES string of the molecule is COC(=O)c1[nH]c(C(=O)NCCO)cc1Cl. The molecule has 88 valence electrons. The molecule has 0 aliphatic carbocycles. The van der Waals surface area contributed by atoms with Crippen LogP contribution < -0.4 is 5.32 Å². The molecule has 6 nitrogen and oxygen atoms in total. The third-order valence-corrected chi connectivity index (χ3v) is 2.10. The highest BCUT2D eigenvalue weighted by molar-refractivity contribution is 6.33. The van der Waals surface area contributed by atoms with E-state index in [1.54, 1.807) is 0 Å². The number of hydrogen-bond donors (Lipinski definition) is 3. The van der Waals surface area contributed by atoms with E-state index in [4.69, 9.17) is 16.7 Å². The highest BCUT2D eigenvalue weighted by Gasteiger charge is 2.17. The molecule has 3 N–H and O–H groups in total. The molecule has 1 heterocycles. The number of aromatic amines is 1. The number of hydrogen-bond acceptors (Lipinski definition) is 4. The van der Waals surface area contributed by atoms with E-state index in [1.165, 1.54) is 13.2 Å². The summed E-state index contributed by atoms with van der Waals surface area (Å²) >= 11 is 5.74. The molecule has 0 aliphatic heterocycles. The predicted molar refractivity (Wildman–Crippen MR) is 56.6 cm³/mol. The van der Waals surface area contributed by atoms with E-state index in [2.05, 4.69) is 15.0 Å². The predicted octanol–water partition coefficient (Wildman–Crippen LogP) is 0.177. The zero-order valence-electron chi connectivity index (χ0n) is 8.54. The van der Waals surface area contributed by atoms with E-state index in [0.717, 1.165) is 0 Å². The van der Waals surface area contributed by atoms with Crippen LogP contribution in [-0.4, -0.2) is 42.2 Å². The highest BCUT2D eigenvalue weighted by Crippen LogP contribution is 2.17. The molecule has 16 heavy (non-hydrogen) atoms. The summed E-state index contributed by atoms with van der Waals surface area (Å²) in [5.41, 5.74) is 0.164. The normalized spacial score (nSPS) is 9.94. The summed E-state index contributed by atoms with van der Waals surface area (Å²) in [6, 6.07) is 1.32. The molecular weight excluding hydrogens is 236 g/mol. The molecule has 1 amide bonds. The first-order chi connectivity index (χ1) is 7.60. The first-order valence-corrected chi connectivity index (χ1v) is 4.83. The van der Waals surface area contributed by atoms with Crippen LogP contribution in [-0.2, 0) is 4.74 Å². The second-order valence-electron chi connectivity index (χ2n) is 2.88. The van der Waals surface area contributed by atoms with Crippen molar-refractivity contribution in [2.45, 2.75) is 0 Å². The number of amides is 1. The Kier molecular flexibility index (Phi) is 4.33. The lowest BCUT2D eigenvalue weighted by atomic mass is 10.4. The van der Waals surface area contributed by atoms with Crippen LogP contribution in [0.1, 0.15) is 21.0 Å². The first kappa shape index (κ1) is 12.5. The number of nitrogens with one attached hydrogen (secondary N) is 2. The number of ether oxygens (including phenoxy) is 1. The smallest absolute Gasteiger partial charge is 0.356 e. The fourth-order valence-electron chi connectivity index (χ4n) is 1.07. The second kappa shape index (κ2) is 5.53. The molecule has 0 atom stereocenters. The molecule has 0 aliphatic rings. The number of H-pyrrole nitrogens is 1. The molecule has 0 spiro atoms. The minimum Gasteiger partial charge on any atom is -0.464 e. The third-order valence-electron chi connectivity index (χ3n) is 1.80. The van der Waals surface area contributed by atoms with E-state index < -0.39 is 11.9 Å². The summed E-state index contributed by atoms with van der Waals surface area (Å²) in [7, 11) is 1.21. The molecule has 0 aromatic carbocycles. The number of esters is 1. The van der Waals surface area contributed by atoms with Crippen molar-refractivity contribution in [1.29, 1.82) is 0 Å². The zero-order chi connectivity index (χ0) is 12.1. The Morgan fingerprint density at radius 2 is 2.31 bits per heavy atom. The minimum atomic E-state index is -0.647. The topological polar surface area (TPSA) is 91.4 Å². The Hall–Kier alpha value is -1.53. The Morgan fingerprint density at radius 3 is 2.88 bits per heavy atom. The van der Waals surface area contributed by atoms with Gasteiger partial charge in [0.15, 0.2) is 0 Å². The minimum absolute atomic E-state index is 0.0262. The molecule has 7 heteroatoms. The molecule has 1 aromatic rings. The quantitative estimate of drug-likeness (QED) is 0.661. The van der Waals surface area contributed by atoms with E-state index in [0.29, 0.717) is 0 Å². The average molecular weight is 247 g/mol. The van der Waals surface area contributed by atoms with Gasteiger partial charge < -0.3 is 20.1 Å². The number of aliphatic hydroxyl groups is 1. The molecule has 0 saturated heterocycles. The summed E-state index contributed by atoms with van der Waals surface area (Å²) in [5, 5.41) is 11.1. The van der Waals surface area contributed by atoms with Crippen LogP contribution in [0.25, 0.3) is 0 Å². The Morgan fingerprint density at radius 1 is 1.62 bits per heavy atom. The maximum atomic E-state index is 11.4. The molecule has 0 bridgehead atoms. The van der Waals surface area contributed by atoms with Gasteiger partial charge in [-0.05, 0) is 6.07 Å². The number of aliphatic hydroxyl groups excluding tert-OH is 1. The lowest BCUT2D eigenvalue weighted by Crippen LogP contribution is -2.26. The number of aromatic nitrogens is 1. The van der Waals surface area contributed by atoms with Crippen molar-refractivity contribution in [3.8, 4) is 0 Å². The maximum absolute atomic E-state index is 11.4. The monoisotopic (exact) mass is 246 g/mol. The van der Waals surface area contributed by atoms with Gasteiger partial charge in [-0.25, -0.2) is 4.79 Å². The molecule has 0 fully saturated rings. The van der Waals surface area contributed by atoms with Gasteiger partial charge in [-0.2, -0.15) is 0 Å². The summed E-state index contributed by atoms with van der Waals surface area (Å²) < 4.78 is 4.46. The molecule has 0 radical (unpaired) electrons. The molecule has 1 aromatic heterocycles. The number of halogens is 1. The van der Waals surface area contributed by atoms with Gasteiger partial charge in [0.2, 0.25) is 0 Å². The van der Waals surface area contributed by atoms with Gasteiger partial charge in [0, 0.05) is 6.54 Å². The van der Waals surface area contributed by atoms with Crippen molar-refractivity contribution in [1.82, 2.24) is 10.3 Å². The van der Waals surface area contributed by atoms with E-state index in [-0.39, 0.29) is 29.6 Å². The van der Waals surface area contributed by atoms with Gasteiger partial charge in [0.05, 0.1) is 18.7 Å². The van der Waals surface area contributed by atoms with Crippen LogP contribution in [0, 0.1) is 0 Å². The number of rotatable bonds is 4. The Bertz CT molecular complexity index is 402. The van der Waals surface area contributed by atoms with E-state index >= 15 is 0 Å². The summed E-state index contributed by atoms with van der Waals surface area (Å²) in [6.45, 7) is -0.0347. The van der Waals surface area contributed by atoms with E-state index in [1.807, 2.05) is 0 Å². The number of carbonyl (C=O) groups is 2. The van der Waals surface area contributed by atoms with Crippen molar-refractivity contribution in [2.24, 2.45) is 0 Å². The van der Waals surface area contributed by atoms with Crippen molar-refractivity contribution >= 4 is 23.5 Å². The fraction of sp³-hybridized carbons (Fsp3) is 0.333. The largest absolute Gasteiger partial charge is 0.464 e. The molecule has 0 saturated carbocycles. The van der Waals surface area contributed by atoms with Gasteiger partial charge in [0.25, 0.3) is 5.91 Å². The lowest BCUT2D eigenvalue weighted by molar-refractivity contribution is 0.0595. The van der Waals surface area contributed by atoms with Crippen LogP contribution in [0.4, 0.5) is 0 Å². The van der Waals surface area contributed by atoms with Crippen molar-refractivity contribution in [2.75, 3.05) is 20.3 Å². The van der Waals surface area contributed by atoms with Crippen LogP contribution in [0.5, 0.6) is 0 Å². The second-order valence-corrected chi connectivity index (χ2v) is 3.28. The number of carbonyl (C=O) groups excluding carboxylic acids is 2. The van der Waals surface area contributed by atoms with Crippen LogP contribution in [0.3, 0.4) is 0 Å². The molecule has 1 rings (SSSR count). The summed E-state index contributed by atoms with van der Waals surface area (Å²) in [5.74, 6) is -1.10. The maximum Gasteiger partial charge on any atom is 0.356 e. The van der Waals surface area contributed by atoms with Crippen molar-refractivity contribution in [3.63, 3.8) is 0 Å². The summed E-state index contributed by atoms with van der Waals surface area (Å²) in [4.78, 5) is 25.1. The van der Waals surface area contributed by atoms with Gasteiger partial charge in [-0.3, -0.25) is 4.79 Å². The standard InChI is InChI=1S/C9H11ClN2O4/c1-16-9(15)7-5(10)4-6(12-7)8(14)11-2-3-13/h4,12-13H,2-3H2,1H3,(H,11,14).